The van der Waals surface area contributed by atoms with Gasteiger partial charge in [0.2, 0.25) is 0 Å². The van der Waals surface area contributed by atoms with Gasteiger partial charge in [-0.15, -0.1) is 11.3 Å². The van der Waals surface area contributed by atoms with Crippen molar-refractivity contribution in [3.8, 4) is 11.8 Å². The highest BCUT2D eigenvalue weighted by molar-refractivity contribution is 7.10. The summed E-state index contributed by atoms with van der Waals surface area (Å²) in [6.07, 6.45) is 8.58. The number of carbonyl (C=O) groups excluding carboxylic acids is 1. The highest BCUT2D eigenvalue weighted by atomic mass is 32.1. The lowest BCUT2D eigenvalue weighted by Gasteiger charge is -2.60. The molecule has 4 bridgehead atoms. The first-order chi connectivity index (χ1) is 12.9. The summed E-state index contributed by atoms with van der Waals surface area (Å²) in [5.74, 6) is 8.28. The largest absolute Gasteiger partial charge is 0.345 e. The summed E-state index contributed by atoms with van der Waals surface area (Å²) in [5.41, 5.74) is 1.45. The summed E-state index contributed by atoms with van der Waals surface area (Å²) >= 11 is 1.62. The lowest BCUT2D eigenvalue weighted by molar-refractivity contribution is -0.0484. The maximum atomic E-state index is 12.8. The van der Waals surface area contributed by atoms with Crippen LogP contribution in [0, 0.1) is 36.0 Å². The molecule has 1 amide bonds. The number of thiazole rings is 1. The molecular formula is C21H24N4OS. The molecule has 2 atom stereocenters. The smallest absolute Gasteiger partial charge is 0.272 e. The molecule has 1 N–H and O–H groups in total. The molecule has 140 valence electrons. The van der Waals surface area contributed by atoms with Crippen LogP contribution in [-0.4, -0.2) is 26.2 Å². The molecule has 2 aromatic heterocycles. The molecule has 0 aromatic carbocycles. The predicted octanol–water partition coefficient (Wildman–Crippen LogP) is 3.31. The highest BCUT2D eigenvalue weighted by Crippen LogP contribution is 2.61. The van der Waals surface area contributed by atoms with Gasteiger partial charge in [-0.1, -0.05) is 5.92 Å². The summed E-state index contributed by atoms with van der Waals surface area (Å²) < 4.78 is 1.68. The molecule has 0 radical (unpaired) electrons. The quantitative estimate of drug-likeness (QED) is 0.813. The Hall–Kier alpha value is -2.13. The van der Waals surface area contributed by atoms with E-state index in [1.54, 1.807) is 22.1 Å². The van der Waals surface area contributed by atoms with Crippen molar-refractivity contribution in [2.75, 3.05) is 0 Å². The SMILES string of the molecule is Cc1csc(C#CC23CC4CC(C2)CC(NC(=O)c2ccn(C)n2)(C4)C3)n1. The number of nitrogens with zero attached hydrogens (tertiary/aromatic N) is 3. The van der Waals surface area contributed by atoms with Crippen molar-refractivity contribution in [3.05, 3.63) is 34.0 Å². The van der Waals surface area contributed by atoms with Crippen LogP contribution in [0.4, 0.5) is 0 Å². The zero-order valence-corrected chi connectivity index (χ0v) is 16.6. The minimum Gasteiger partial charge on any atom is -0.345 e. The van der Waals surface area contributed by atoms with Gasteiger partial charge >= 0.3 is 0 Å². The van der Waals surface area contributed by atoms with Crippen molar-refractivity contribution in [2.24, 2.45) is 24.3 Å². The van der Waals surface area contributed by atoms with Gasteiger partial charge in [-0.3, -0.25) is 9.48 Å². The van der Waals surface area contributed by atoms with E-state index in [1.807, 2.05) is 20.2 Å². The van der Waals surface area contributed by atoms with Crippen LogP contribution in [0.5, 0.6) is 0 Å². The first-order valence-corrected chi connectivity index (χ1v) is 10.6. The summed E-state index contributed by atoms with van der Waals surface area (Å²) in [4.78, 5) is 17.3. The fourth-order valence-electron chi connectivity index (χ4n) is 5.99. The van der Waals surface area contributed by atoms with E-state index in [2.05, 4.69) is 32.6 Å². The third-order valence-corrected chi connectivity index (χ3v) is 7.32. The minimum atomic E-state index is -0.119. The number of nitrogens with one attached hydrogen (secondary N) is 1. The first kappa shape index (κ1) is 17.0. The van der Waals surface area contributed by atoms with Crippen molar-refractivity contribution >= 4 is 17.2 Å². The second kappa shape index (κ2) is 5.93. The second-order valence-electron chi connectivity index (χ2n) is 8.89. The summed E-state index contributed by atoms with van der Waals surface area (Å²) in [5, 5.41) is 10.6. The Morgan fingerprint density at radius 1 is 1.33 bits per heavy atom. The van der Waals surface area contributed by atoms with Gasteiger partial charge in [0, 0.05) is 35.3 Å². The number of rotatable bonds is 2. The Balaban J connectivity index is 1.42. The Morgan fingerprint density at radius 2 is 2.11 bits per heavy atom. The van der Waals surface area contributed by atoms with Gasteiger partial charge in [0.05, 0.1) is 0 Å². The molecule has 2 heterocycles. The van der Waals surface area contributed by atoms with Crippen LogP contribution < -0.4 is 5.32 Å². The molecular weight excluding hydrogens is 356 g/mol. The van der Waals surface area contributed by atoms with E-state index < -0.39 is 0 Å². The van der Waals surface area contributed by atoms with Gasteiger partial charge in [0.25, 0.3) is 5.91 Å². The van der Waals surface area contributed by atoms with E-state index in [0.717, 1.165) is 30.0 Å². The average Bonchev–Trinajstić information content (AvgIpc) is 3.20. The standard InChI is InChI=1S/C21H24N4OS/c1-14-12-27-18(22-14)3-5-20-8-15-7-16(9-20)11-21(10-15,13-20)23-19(26)17-4-6-25(2)24-17/h4,6,12,15-16H,7-11,13H2,1-2H3,(H,23,26). The van der Waals surface area contributed by atoms with Crippen LogP contribution in [0.1, 0.15) is 59.7 Å². The molecule has 27 heavy (non-hydrogen) atoms. The molecule has 0 saturated heterocycles. The zero-order chi connectivity index (χ0) is 18.6. The summed E-state index contributed by atoms with van der Waals surface area (Å²) in [6.45, 7) is 2.01. The lowest BCUT2D eigenvalue weighted by Crippen LogP contribution is -2.62. The Labute approximate surface area is 163 Å². The number of aromatic nitrogens is 3. The van der Waals surface area contributed by atoms with Gasteiger partial charge < -0.3 is 5.32 Å². The summed E-state index contributed by atoms with van der Waals surface area (Å²) in [6, 6.07) is 1.79. The normalized spacial score (nSPS) is 33.6. The van der Waals surface area contributed by atoms with E-state index in [9.17, 15) is 4.79 Å². The van der Waals surface area contributed by atoms with Crippen LogP contribution in [0.2, 0.25) is 0 Å². The molecule has 6 heteroatoms. The van der Waals surface area contributed by atoms with E-state index in [0.29, 0.717) is 17.5 Å². The number of aryl methyl sites for hydroxylation is 2. The molecule has 4 aliphatic rings. The van der Waals surface area contributed by atoms with Crippen molar-refractivity contribution in [3.63, 3.8) is 0 Å². The third kappa shape index (κ3) is 3.08. The Morgan fingerprint density at radius 3 is 2.74 bits per heavy atom. The molecule has 0 spiro atoms. The van der Waals surface area contributed by atoms with Crippen LogP contribution in [-0.2, 0) is 7.05 Å². The van der Waals surface area contributed by atoms with Crippen molar-refractivity contribution in [1.82, 2.24) is 20.1 Å². The fourth-order valence-corrected chi connectivity index (χ4v) is 6.64. The maximum absolute atomic E-state index is 12.8. The number of carbonyl (C=O) groups is 1. The van der Waals surface area contributed by atoms with Crippen LogP contribution in [0.25, 0.3) is 0 Å². The van der Waals surface area contributed by atoms with Gasteiger partial charge in [-0.2, -0.15) is 5.10 Å². The number of amides is 1. The first-order valence-electron chi connectivity index (χ1n) is 9.70. The molecule has 4 fully saturated rings. The molecule has 6 rings (SSSR count). The average molecular weight is 381 g/mol. The molecule has 2 aromatic rings. The van der Waals surface area contributed by atoms with Gasteiger partial charge in [-0.25, -0.2) is 4.98 Å². The number of hydrogen-bond donors (Lipinski definition) is 1. The fraction of sp³-hybridized carbons (Fsp3) is 0.571. The Kier molecular flexibility index (Phi) is 3.74. The third-order valence-electron chi connectivity index (χ3n) is 6.44. The monoisotopic (exact) mass is 380 g/mol. The maximum Gasteiger partial charge on any atom is 0.272 e. The topological polar surface area (TPSA) is 59.8 Å². The van der Waals surface area contributed by atoms with Crippen LogP contribution in [0.15, 0.2) is 17.6 Å². The molecule has 4 aliphatic carbocycles. The van der Waals surface area contributed by atoms with Gasteiger partial charge in [0.1, 0.15) is 5.69 Å². The van der Waals surface area contributed by atoms with E-state index in [-0.39, 0.29) is 16.9 Å². The molecule has 0 aliphatic heterocycles. The van der Waals surface area contributed by atoms with E-state index >= 15 is 0 Å². The van der Waals surface area contributed by atoms with Crippen LogP contribution in [0.3, 0.4) is 0 Å². The predicted molar refractivity (Wildman–Crippen MR) is 104 cm³/mol. The van der Waals surface area contributed by atoms with Gasteiger partial charge in [0.15, 0.2) is 5.01 Å². The van der Waals surface area contributed by atoms with Crippen molar-refractivity contribution in [2.45, 2.75) is 51.0 Å². The minimum absolute atomic E-state index is 0.0288. The van der Waals surface area contributed by atoms with Crippen molar-refractivity contribution < 1.29 is 4.79 Å². The van der Waals surface area contributed by atoms with Crippen molar-refractivity contribution in [1.29, 1.82) is 0 Å². The van der Waals surface area contributed by atoms with Crippen LogP contribution >= 0.6 is 11.3 Å². The second-order valence-corrected chi connectivity index (χ2v) is 9.75. The zero-order valence-electron chi connectivity index (χ0n) is 15.8. The molecule has 5 nitrogen and oxygen atoms in total. The summed E-state index contributed by atoms with van der Waals surface area (Å²) in [7, 11) is 1.84. The molecule has 4 saturated carbocycles. The van der Waals surface area contributed by atoms with E-state index in [4.69, 9.17) is 0 Å². The number of hydrogen-bond acceptors (Lipinski definition) is 4. The van der Waals surface area contributed by atoms with E-state index in [1.165, 1.54) is 19.3 Å². The lowest BCUT2D eigenvalue weighted by atomic mass is 9.47. The molecule has 2 unspecified atom stereocenters. The van der Waals surface area contributed by atoms with Gasteiger partial charge in [-0.05, 0) is 69.3 Å². The Bertz CT molecular complexity index is 948. The highest BCUT2D eigenvalue weighted by Gasteiger charge is 2.57.